The van der Waals surface area contributed by atoms with Gasteiger partial charge in [0.2, 0.25) is 5.88 Å². The van der Waals surface area contributed by atoms with E-state index in [1.807, 2.05) is 30.3 Å². The maximum Gasteiger partial charge on any atom is 0.248 e. The summed E-state index contributed by atoms with van der Waals surface area (Å²) in [5, 5.41) is 0. The molecule has 0 radical (unpaired) electrons. The van der Waals surface area contributed by atoms with Crippen LogP contribution in [0.15, 0.2) is 43.0 Å². The first-order valence-corrected chi connectivity index (χ1v) is 4.80. The van der Waals surface area contributed by atoms with Gasteiger partial charge in [0.1, 0.15) is 17.6 Å². The number of H-pyrrole nitrogens is 1. The smallest absolute Gasteiger partial charge is 0.248 e. The summed E-state index contributed by atoms with van der Waals surface area (Å²) in [6, 6.07) is 9.47. The Morgan fingerprint density at radius 2 is 1.88 bits per heavy atom. The number of hydrogen-bond donors (Lipinski definition) is 1. The van der Waals surface area contributed by atoms with Crippen molar-refractivity contribution in [3.8, 4) is 11.6 Å². The van der Waals surface area contributed by atoms with Gasteiger partial charge in [0.15, 0.2) is 5.65 Å². The topological polar surface area (TPSA) is 63.7 Å². The number of aromatic nitrogens is 4. The second-order valence-corrected chi connectivity index (χ2v) is 3.20. The second kappa shape index (κ2) is 3.62. The molecule has 0 atom stereocenters. The molecule has 0 spiro atoms. The molecule has 2 aromatic heterocycles. The third-order valence-corrected chi connectivity index (χ3v) is 2.15. The minimum absolute atomic E-state index is 0.480. The normalized spacial score (nSPS) is 10.5. The van der Waals surface area contributed by atoms with Gasteiger partial charge in [-0.25, -0.2) is 9.97 Å². The summed E-state index contributed by atoms with van der Waals surface area (Å²) in [7, 11) is 0. The van der Waals surface area contributed by atoms with Gasteiger partial charge in [0, 0.05) is 0 Å². The molecule has 0 saturated carbocycles. The molecule has 0 saturated heterocycles. The molecule has 0 fully saturated rings. The highest BCUT2D eigenvalue weighted by Crippen LogP contribution is 2.23. The van der Waals surface area contributed by atoms with Crippen LogP contribution in [0.1, 0.15) is 0 Å². The van der Waals surface area contributed by atoms with Gasteiger partial charge in [0.05, 0.1) is 6.33 Å². The predicted octanol–water partition coefficient (Wildman–Crippen LogP) is 2.15. The molecular formula is C11H8N4O. The Morgan fingerprint density at radius 3 is 2.75 bits per heavy atom. The van der Waals surface area contributed by atoms with Crippen LogP contribution in [-0.4, -0.2) is 19.9 Å². The number of rotatable bonds is 2. The Balaban J connectivity index is 2.04. The standard InChI is InChI=1S/C11H8N4O/c1-2-4-8(5-3-1)16-11-9-10(13-6-12-9)14-7-15-11/h1-7H,(H,12,13,14,15). The van der Waals surface area contributed by atoms with Crippen LogP contribution in [0, 0.1) is 0 Å². The summed E-state index contributed by atoms with van der Waals surface area (Å²) in [5.41, 5.74) is 1.30. The number of hydrogen-bond acceptors (Lipinski definition) is 4. The Labute approximate surface area is 91.2 Å². The van der Waals surface area contributed by atoms with Gasteiger partial charge in [-0.05, 0) is 12.1 Å². The second-order valence-electron chi connectivity index (χ2n) is 3.20. The van der Waals surface area contributed by atoms with Crippen molar-refractivity contribution in [1.29, 1.82) is 0 Å². The molecule has 0 bridgehead atoms. The fraction of sp³-hybridized carbons (Fsp3) is 0. The fourth-order valence-corrected chi connectivity index (χ4v) is 1.42. The summed E-state index contributed by atoms with van der Waals surface area (Å²) in [6.45, 7) is 0. The minimum Gasteiger partial charge on any atom is -0.437 e. The number of benzene rings is 1. The SMILES string of the molecule is c1ccc(Oc2ncnc3nc[nH]c23)cc1. The molecule has 3 rings (SSSR count). The lowest BCUT2D eigenvalue weighted by molar-refractivity contribution is 0.467. The summed E-state index contributed by atoms with van der Waals surface area (Å²) in [6.07, 6.45) is 3.00. The molecular weight excluding hydrogens is 204 g/mol. The number of para-hydroxylation sites is 1. The molecule has 1 aromatic carbocycles. The molecule has 2 heterocycles. The molecule has 3 aromatic rings. The van der Waals surface area contributed by atoms with Gasteiger partial charge < -0.3 is 9.72 Å². The first-order valence-electron chi connectivity index (χ1n) is 4.80. The van der Waals surface area contributed by atoms with E-state index < -0.39 is 0 Å². The van der Waals surface area contributed by atoms with Crippen LogP contribution in [0.2, 0.25) is 0 Å². The highest BCUT2D eigenvalue weighted by atomic mass is 16.5. The van der Waals surface area contributed by atoms with E-state index in [9.17, 15) is 0 Å². The van der Waals surface area contributed by atoms with Crippen LogP contribution in [0.5, 0.6) is 11.6 Å². The molecule has 0 amide bonds. The summed E-state index contributed by atoms with van der Waals surface area (Å²) in [4.78, 5) is 15.1. The average molecular weight is 212 g/mol. The van der Waals surface area contributed by atoms with E-state index in [2.05, 4.69) is 19.9 Å². The first-order chi connectivity index (χ1) is 7.93. The number of fused-ring (bicyclic) bond motifs is 1. The zero-order valence-electron chi connectivity index (χ0n) is 8.29. The molecule has 5 nitrogen and oxygen atoms in total. The fourth-order valence-electron chi connectivity index (χ4n) is 1.42. The Bertz CT molecular complexity index is 605. The van der Waals surface area contributed by atoms with Crippen molar-refractivity contribution in [3.63, 3.8) is 0 Å². The van der Waals surface area contributed by atoms with Gasteiger partial charge in [-0.1, -0.05) is 18.2 Å². The van der Waals surface area contributed by atoms with E-state index in [1.54, 1.807) is 6.33 Å². The van der Waals surface area contributed by atoms with Crippen LogP contribution in [0.3, 0.4) is 0 Å². The number of aromatic amines is 1. The van der Waals surface area contributed by atoms with E-state index in [0.717, 1.165) is 5.75 Å². The highest BCUT2D eigenvalue weighted by molar-refractivity contribution is 5.75. The molecule has 0 aliphatic carbocycles. The highest BCUT2D eigenvalue weighted by Gasteiger charge is 2.07. The largest absolute Gasteiger partial charge is 0.437 e. The number of nitrogens with one attached hydrogen (secondary N) is 1. The number of imidazole rings is 1. The van der Waals surface area contributed by atoms with Crippen LogP contribution < -0.4 is 4.74 Å². The van der Waals surface area contributed by atoms with E-state index in [1.165, 1.54) is 6.33 Å². The lowest BCUT2D eigenvalue weighted by atomic mass is 10.3. The van der Waals surface area contributed by atoms with Crippen molar-refractivity contribution >= 4 is 11.2 Å². The minimum atomic E-state index is 0.480. The van der Waals surface area contributed by atoms with Crippen LogP contribution in [0.4, 0.5) is 0 Å². The Morgan fingerprint density at radius 1 is 1.00 bits per heavy atom. The third kappa shape index (κ3) is 1.48. The van der Waals surface area contributed by atoms with Gasteiger partial charge in [-0.2, -0.15) is 4.98 Å². The summed E-state index contributed by atoms with van der Waals surface area (Å²) < 4.78 is 5.63. The average Bonchev–Trinajstić information content (AvgIpc) is 2.80. The van der Waals surface area contributed by atoms with Crippen molar-refractivity contribution in [1.82, 2.24) is 19.9 Å². The summed E-state index contributed by atoms with van der Waals surface area (Å²) >= 11 is 0. The van der Waals surface area contributed by atoms with E-state index in [-0.39, 0.29) is 0 Å². The van der Waals surface area contributed by atoms with Gasteiger partial charge >= 0.3 is 0 Å². The van der Waals surface area contributed by atoms with E-state index in [4.69, 9.17) is 4.74 Å². The molecule has 5 heteroatoms. The van der Waals surface area contributed by atoms with Crippen molar-refractivity contribution in [2.75, 3.05) is 0 Å². The van der Waals surface area contributed by atoms with E-state index in [0.29, 0.717) is 17.0 Å². The van der Waals surface area contributed by atoms with Gasteiger partial charge in [-0.15, -0.1) is 0 Å². The van der Waals surface area contributed by atoms with Crippen LogP contribution >= 0.6 is 0 Å². The zero-order chi connectivity index (χ0) is 10.8. The quantitative estimate of drug-likeness (QED) is 0.706. The van der Waals surface area contributed by atoms with Crippen molar-refractivity contribution < 1.29 is 4.74 Å². The van der Waals surface area contributed by atoms with Crippen LogP contribution in [0.25, 0.3) is 11.2 Å². The third-order valence-electron chi connectivity index (χ3n) is 2.15. The molecule has 1 N–H and O–H groups in total. The maximum absolute atomic E-state index is 5.63. The maximum atomic E-state index is 5.63. The summed E-state index contributed by atoms with van der Waals surface area (Å²) in [5.74, 6) is 1.21. The number of ether oxygens (including phenoxy) is 1. The molecule has 0 unspecified atom stereocenters. The van der Waals surface area contributed by atoms with Crippen LogP contribution in [-0.2, 0) is 0 Å². The number of nitrogens with zero attached hydrogens (tertiary/aromatic N) is 3. The Kier molecular flexibility index (Phi) is 2.00. The van der Waals surface area contributed by atoms with Crippen molar-refractivity contribution in [2.24, 2.45) is 0 Å². The van der Waals surface area contributed by atoms with Gasteiger partial charge in [0.25, 0.3) is 0 Å². The molecule has 16 heavy (non-hydrogen) atoms. The van der Waals surface area contributed by atoms with Gasteiger partial charge in [-0.3, -0.25) is 0 Å². The lowest BCUT2D eigenvalue weighted by Crippen LogP contribution is -1.90. The van der Waals surface area contributed by atoms with Crippen molar-refractivity contribution in [3.05, 3.63) is 43.0 Å². The molecule has 0 aliphatic rings. The molecule has 0 aliphatic heterocycles. The zero-order valence-corrected chi connectivity index (χ0v) is 8.29. The first kappa shape index (κ1) is 8.84. The van der Waals surface area contributed by atoms with E-state index >= 15 is 0 Å². The Hall–Kier alpha value is -2.43. The van der Waals surface area contributed by atoms with Crippen molar-refractivity contribution in [2.45, 2.75) is 0 Å². The predicted molar refractivity (Wildman–Crippen MR) is 58.2 cm³/mol. The monoisotopic (exact) mass is 212 g/mol. The lowest BCUT2D eigenvalue weighted by Gasteiger charge is -2.03. The molecule has 78 valence electrons.